The molecule has 1 aliphatic rings. The van der Waals surface area contributed by atoms with Gasteiger partial charge in [0.05, 0.1) is 4.92 Å². The van der Waals surface area contributed by atoms with Gasteiger partial charge in [0.25, 0.3) is 5.69 Å². The predicted octanol–water partition coefficient (Wildman–Crippen LogP) is 2.85. The summed E-state index contributed by atoms with van der Waals surface area (Å²) in [5, 5.41) is 14.8. The van der Waals surface area contributed by atoms with E-state index in [9.17, 15) is 10.1 Å². The second kappa shape index (κ2) is 7.78. The van der Waals surface area contributed by atoms with E-state index < -0.39 is 0 Å². The minimum atomic E-state index is -0.341. The molecule has 1 fully saturated rings. The van der Waals surface area contributed by atoms with Gasteiger partial charge in [0.1, 0.15) is 0 Å². The number of halogens is 2. The fourth-order valence-corrected chi connectivity index (χ4v) is 2.67. The molecule has 0 unspecified atom stereocenters. The highest BCUT2D eigenvalue weighted by Gasteiger charge is 2.21. The van der Waals surface area contributed by atoms with Crippen molar-refractivity contribution in [3.8, 4) is 0 Å². The minimum absolute atomic E-state index is 0. The quantitative estimate of drug-likeness (QED) is 0.684. The molecule has 7 heteroatoms. The number of nitro benzene ring substituents is 1. The molecule has 0 saturated carbocycles. The van der Waals surface area contributed by atoms with E-state index in [1.165, 1.54) is 6.07 Å². The zero-order valence-corrected chi connectivity index (χ0v) is 12.9. The molecule has 0 bridgehead atoms. The first-order valence-corrected chi connectivity index (χ1v) is 6.80. The Balaban J connectivity index is 0.00000200. The maximum Gasteiger partial charge on any atom is 0.273 e. The molecular weight excluding hydrogens is 301 g/mol. The molecule has 1 N–H and O–H groups in total. The molecule has 0 radical (unpaired) electrons. The molecule has 1 heterocycles. The van der Waals surface area contributed by atoms with E-state index in [1.54, 1.807) is 12.1 Å². The first kappa shape index (κ1) is 17.2. The summed E-state index contributed by atoms with van der Waals surface area (Å²) in [7, 11) is 1.97. The highest BCUT2D eigenvalue weighted by Crippen LogP contribution is 2.25. The molecule has 2 rings (SSSR count). The standard InChI is InChI=1S/C13H18ClN3O2.ClH/c1-15-12-4-6-16(7-5-12)9-10-8-11(14)2-3-13(10)17(18)19;/h2-3,8,12,15H,4-7,9H2,1H3;1H. The predicted molar refractivity (Wildman–Crippen MR) is 82.7 cm³/mol. The fraction of sp³-hybridized carbons (Fsp3) is 0.538. The smallest absolute Gasteiger partial charge is 0.273 e. The van der Waals surface area contributed by atoms with E-state index in [0.29, 0.717) is 23.2 Å². The highest BCUT2D eigenvalue weighted by atomic mass is 35.5. The lowest BCUT2D eigenvalue weighted by Gasteiger charge is -2.31. The fourth-order valence-electron chi connectivity index (χ4n) is 2.48. The van der Waals surface area contributed by atoms with Crippen molar-refractivity contribution in [1.82, 2.24) is 10.2 Å². The maximum absolute atomic E-state index is 11.0. The van der Waals surface area contributed by atoms with Crippen LogP contribution in [0.2, 0.25) is 5.02 Å². The summed E-state index contributed by atoms with van der Waals surface area (Å²) in [5.74, 6) is 0. The summed E-state index contributed by atoms with van der Waals surface area (Å²) in [6.45, 7) is 2.50. The first-order valence-electron chi connectivity index (χ1n) is 6.42. The number of nitrogens with zero attached hydrogens (tertiary/aromatic N) is 2. The number of hydrogen-bond acceptors (Lipinski definition) is 4. The van der Waals surface area contributed by atoms with Crippen LogP contribution in [0.15, 0.2) is 18.2 Å². The molecule has 0 aromatic heterocycles. The molecule has 20 heavy (non-hydrogen) atoms. The van der Waals surface area contributed by atoms with Crippen LogP contribution >= 0.6 is 24.0 Å². The minimum Gasteiger partial charge on any atom is -0.317 e. The molecule has 0 atom stereocenters. The van der Waals surface area contributed by atoms with Gasteiger partial charge >= 0.3 is 0 Å². The Hall–Kier alpha value is -0.880. The lowest BCUT2D eigenvalue weighted by Crippen LogP contribution is -2.40. The summed E-state index contributed by atoms with van der Waals surface area (Å²) >= 11 is 5.93. The Morgan fingerprint density at radius 3 is 2.65 bits per heavy atom. The average molecular weight is 320 g/mol. The van der Waals surface area contributed by atoms with Crippen LogP contribution < -0.4 is 5.32 Å². The third-order valence-electron chi connectivity index (χ3n) is 3.63. The third-order valence-corrected chi connectivity index (χ3v) is 3.86. The number of piperidine rings is 1. The van der Waals surface area contributed by atoms with Gasteiger partial charge in [-0.2, -0.15) is 0 Å². The Labute approximate surface area is 129 Å². The van der Waals surface area contributed by atoms with Crippen molar-refractivity contribution < 1.29 is 4.92 Å². The van der Waals surface area contributed by atoms with Gasteiger partial charge in [-0.3, -0.25) is 15.0 Å². The Bertz CT molecular complexity index is 463. The molecule has 1 saturated heterocycles. The van der Waals surface area contributed by atoms with E-state index in [4.69, 9.17) is 11.6 Å². The number of likely N-dealkylation sites (tertiary alicyclic amines) is 1. The summed E-state index contributed by atoms with van der Waals surface area (Å²) < 4.78 is 0. The molecule has 5 nitrogen and oxygen atoms in total. The average Bonchev–Trinajstić information content (AvgIpc) is 2.39. The molecule has 1 aliphatic heterocycles. The van der Waals surface area contributed by atoms with Gasteiger partial charge in [-0.05, 0) is 45.1 Å². The monoisotopic (exact) mass is 319 g/mol. The zero-order valence-electron chi connectivity index (χ0n) is 11.3. The lowest BCUT2D eigenvalue weighted by atomic mass is 10.0. The van der Waals surface area contributed by atoms with Crippen LogP contribution in [-0.2, 0) is 6.54 Å². The number of rotatable bonds is 4. The van der Waals surface area contributed by atoms with Gasteiger partial charge < -0.3 is 5.32 Å². The third kappa shape index (κ3) is 4.31. The lowest BCUT2D eigenvalue weighted by molar-refractivity contribution is -0.385. The normalized spacial score (nSPS) is 16.7. The van der Waals surface area contributed by atoms with Crippen LogP contribution in [0.5, 0.6) is 0 Å². The van der Waals surface area contributed by atoms with Crippen molar-refractivity contribution in [2.75, 3.05) is 20.1 Å². The largest absolute Gasteiger partial charge is 0.317 e. The molecular formula is C13H19Cl2N3O2. The molecule has 0 aliphatic carbocycles. The van der Waals surface area contributed by atoms with Crippen LogP contribution in [0.3, 0.4) is 0 Å². The van der Waals surface area contributed by atoms with Crippen LogP contribution in [-0.4, -0.2) is 36.0 Å². The second-order valence-electron chi connectivity index (χ2n) is 4.87. The Kier molecular flexibility index (Phi) is 6.68. The summed E-state index contributed by atoms with van der Waals surface area (Å²) in [4.78, 5) is 12.9. The molecule has 112 valence electrons. The van der Waals surface area contributed by atoms with E-state index in [0.717, 1.165) is 25.9 Å². The first-order chi connectivity index (χ1) is 9.10. The summed E-state index contributed by atoms with van der Waals surface area (Å²) in [5.41, 5.74) is 0.848. The molecule has 0 amide bonds. The Morgan fingerprint density at radius 2 is 2.10 bits per heavy atom. The van der Waals surface area contributed by atoms with Gasteiger partial charge in [0.2, 0.25) is 0 Å². The van der Waals surface area contributed by atoms with Crippen molar-refractivity contribution in [3.05, 3.63) is 38.9 Å². The SMILES string of the molecule is CNC1CCN(Cc2cc(Cl)ccc2[N+](=O)[O-])CC1.Cl. The van der Waals surface area contributed by atoms with Crippen LogP contribution in [0.25, 0.3) is 0 Å². The van der Waals surface area contributed by atoms with E-state index in [-0.39, 0.29) is 23.0 Å². The van der Waals surface area contributed by atoms with Crippen molar-refractivity contribution in [2.45, 2.75) is 25.4 Å². The van der Waals surface area contributed by atoms with Gasteiger partial charge in [-0.25, -0.2) is 0 Å². The highest BCUT2D eigenvalue weighted by molar-refractivity contribution is 6.30. The van der Waals surface area contributed by atoms with Crippen molar-refractivity contribution >= 4 is 29.7 Å². The van der Waals surface area contributed by atoms with Crippen molar-refractivity contribution in [2.24, 2.45) is 0 Å². The summed E-state index contributed by atoms with van der Waals surface area (Å²) in [6, 6.07) is 5.31. The van der Waals surface area contributed by atoms with E-state index in [1.807, 2.05) is 7.05 Å². The van der Waals surface area contributed by atoms with Crippen molar-refractivity contribution in [3.63, 3.8) is 0 Å². The van der Waals surface area contributed by atoms with Gasteiger partial charge in [0, 0.05) is 29.2 Å². The van der Waals surface area contributed by atoms with Crippen LogP contribution in [0.4, 0.5) is 5.69 Å². The van der Waals surface area contributed by atoms with Crippen LogP contribution in [0.1, 0.15) is 18.4 Å². The topological polar surface area (TPSA) is 58.4 Å². The number of nitrogens with one attached hydrogen (secondary N) is 1. The number of nitro groups is 1. The zero-order chi connectivity index (χ0) is 13.8. The maximum atomic E-state index is 11.0. The Morgan fingerprint density at radius 1 is 1.45 bits per heavy atom. The van der Waals surface area contributed by atoms with Crippen LogP contribution in [0, 0.1) is 10.1 Å². The van der Waals surface area contributed by atoms with Gasteiger partial charge in [-0.1, -0.05) is 11.6 Å². The van der Waals surface area contributed by atoms with Gasteiger partial charge in [-0.15, -0.1) is 12.4 Å². The molecule has 1 aromatic carbocycles. The van der Waals surface area contributed by atoms with Gasteiger partial charge in [0.15, 0.2) is 0 Å². The van der Waals surface area contributed by atoms with Crippen molar-refractivity contribution in [1.29, 1.82) is 0 Å². The number of hydrogen-bond donors (Lipinski definition) is 1. The molecule has 1 aromatic rings. The van der Waals surface area contributed by atoms with E-state index >= 15 is 0 Å². The number of benzene rings is 1. The second-order valence-corrected chi connectivity index (χ2v) is 5.31. The molecule has 0 spiro atoms. The summed E-state index contributed by atoms with van der Waals surface area (Å²) in [6.07, 6.45) is 2.15. The van der Waals surface area contributed by atoms with E-state index in [2.05, 4.69) is 10.2 Å².